The molecule has 1 saturated carbocycles. The Morgan fingerprint density at radius 2 is 1.80 bits per heavy atom. The standard InChI is InChI=1S/C16H24N2O2/c1-20-15-6-4-14(5-7-15)18-10-8-17(9-11-18)12-16(19)13-2-3-13/h4-7,13,16,19H,2-3,8-12H2,1H3. The zero-order chi connectivity index (χ0) is 13.9. The maximum absolute atomic E-state index is 10.0. The van der Waals surface area contributed by atoms with E-state index in [9.17, 15) is 5.11 Å². The number of hydrogen-bond donors (Lipinski definition) is 1. The highest BCUT2D eigenvalue weighted by molar-refractivity contribution is 5.49. The third-order valence-corrected chi connectivity index (χ3v) is 4.42. The lowest BCUT2D eigenvalue weighted by Gasteiger charge is -2.37. The van der Waals surface area contributed by atoms with Crippen LogP contribution in [-0.2, 0) is 0 Å². The average Bonchev–Trinajstić information content (AvgIpc) is 3.33. The van der Waals surface area contributed by atoms with Crippen LogP contribution < -0.4 is 9.64 Å². The highest BCUT2D eigenvalue weighted by Gasteiger charge is 2.31. The molecule has 2 fully saturated rings. The third kappa shape index (κ3) is 3.25. The number of hydrogen-bond acceptors (Lipinski definition) is 4. The molecule has 0 amide bonds. The van der Waals surface area contributed by atoms with E-state index in [2.05, 4.69) is 21.9 Å². The summed E-state index contributed by atoms with van der Waals surface area (Å²) in [5.41, 5.74) is 1.26. The molecule has 4 heteroatoms. The van der Waals surface area contributed by atoms with Crippen LogP contribution in [0.1, 0.15) is 12.8 Å². The van der Waals surface area contributed by atoms with Gasteiger partial charge in [-0.3, -0.25) is 4.90 Å². The summed E-state index contributed by atoms with van der Waals surface area (Å²) < 4.78 is 5.19. The average molecular weight is 276 g/mol. The largest absolute Gasteiger partial charge is 0.497 e. The Morgan fingerprint density at radius 3 is 2.35 bits per heavy atom. The van der Waals surface area contributed by atoms with Crippen LogP contribution in [0.15, 0.2) is 24.3 Å². The van der Waals surface area contributed by atoms with Gasteiger partial charge in [0.2, 0.25) is 0 Å². The fraction of sp³-hybridized carbons (Fsp3) is 0.625. The van der Waals surface area contributed by atoms with Crippen molar-refractivity contribution in [1.29, 1.82) is 0 Å². The van der Waals surface area contributed by atoms with Crippen LogP contribution in [0.4, 0.5) is 5.69 Å². The van der Waals surface area contributed by atoms with Crippen molar-refractivity contribution in [1.82, 2.24) is 4.90 Å². The van der Waals surface area contributed by atoms with E-state index in [0.29, 0.717) is 5.92 Å². The first-order chi connectivity index (χ1) is 9.76. The molecule has 0 radical (unpaired) electrons. The van der Waals surface area contributed by atoms with Crippen molar-refractivity contribution in [2.24, 2.45) is 5.92 Å². The van der Waals surface area contributed by atoms with Gasteiger partial charge in [0.15, 0.2) is 0 Å². The summed E-state index contributed by atoms with van der Waals surface area (Å²) in [5, 5.41) is 10.0. The molecular formula is C16H24N2O2. The van der Waals surface area contributed by atoms with Gasteiger partial charge < -0.3 is 14.7 Å². The van der Waals surface area contributed by atoms with E-state index in [0.717, 1.165) is 38.5 Å². The van der Waals surface area contributed by atoms with E-state index in [1.165, 1.54) is 18.5 Å². The van der Waals surface area contributed by atoms with Crippen molar-refractivity contribution in [2.75, 3.05) is 44.7 Å². The number of methoxy groups -OCH3 is 1. The van der Waals surface area contributed by atoms with Gasteiger partial charge in [-0.2, -0.15) is 0 Å². The number of rotatable bonds is 5. The van der Waals surface area contributed by atoms with Crippen LogP contribution in [0, 0.1) is 5.92 Å². The monoisotopic (exact) mass is 276 g/mol. The molecule has 0 bridgehead atoms. The second-order valence-electron chi connectivity index (χ2n) is 5.89. The number of β-amino-alcohol motifs (C(OH)–C–C–N with tert-alkyl or cyclic N) is 1. The van der Waals surface area contributed by atoms with E-state index >= 15 is 0 Å². The molecular weight excluding hydrogens is 252 g/mol. The molecule has 0 aromatic heterocycles. The van der Waals surface area contributed by atoms with Crippen LogP contribution in [-0.4, -0.2) is 55.9 Å². The number of piperazine rings is 1. The van der Waals surface area contributed by atoms with Gasteiger partial charge in [0.1, 0.15) is 5.75 Å². The summed E-state index contributed by atoms with van der Waals surface area (Å²) >= 11 is 0. The molecule has 1 atom stereocenters. The molecule has 2 aliphatic rings. The number of ether oxygens (including phenoxy) is 1. The molecule has 1 saturated heterocycles. The van der Waals surface area contributed by atoms with Crippen LogP contribution >= 0.6 is 0 Å². The molecule has 4 nitrogen and oxygen atoms in total. The Morgan fingerprint density at radius 1 is 1.15 bits per heavy atom. The summed E-state index contributed by atoms with van der Waals surface area (Å²) in [6.45, 7) is 4.99. The van der Waals surface area contributed by atoms with Crippen molar-refractivity contribution in [3.8, 4) is 5.75 Å². The first-order valence-corrected chi connectivity index (χ1v) is 7.55. The van der Waals surface area contributed by atoms with E-state index < -0.39 is 0 Å². The van der Waals surface area contributed by atoms with Crippen molar-refractivity contribution in [2.45, 2.75) is 18.9 Å². The van der Waals surface area contributed by atoms with E-state index in [1.807, 2.05) is 12.1 Å². The van der Waals surface area contributed by atoms with Gasteiger partial charge in [-0.15, -0.1) is 0 Å². The summed E-state index contributed by atoms with van der Waals surface area (Å²) in [7, 11) is 1.69. The predicted octanol–water partition coefficient (Wildman–Crippen LogP) is 1.59. The molecule has 20 heavy (non-hydrogen) atoms. The van der Waals surface area contributed by atoms with Gasteiger partial charge in [0, 0.05) is 38.4 Å². The highest BCUT2D eigenvalue weighted by atomic mass is 16.5. The first kappa shape index (κ1) is 13.7. The Labute approximate surface area is 120 Å². The van der Waals surface area contributed by atoms with Crippen LogP contribution in [0.3, 0.4) is 0 Å². The molecule has 1 aromatic rings. The van der Waals surface area contributed by atoms with Crippen LogP contribution in [0.25, 0.3) is 0 Å². The zero-order valence-electron chi connectivity index (χ0n) is 12.2. The molecule has 0 spiro atoms. The second kappa shape index (κ2) is 6.02. The summed E-state index contributed by atoms with van der Waals surface area (Å²) in [6.07, 6.45) is 2.32. The SMILES string of the molecule is COc1ccc(N2CCN(CC(O)C3CC3)CC2)cc1. The molecule has 110 valence electrons. The number of anilines is 1. The quantitative estimate of drug-likeness (QED) is 0.886. The van der Waals surface area contributed by atoms with Crippen molar-refractivity contribution >= 4 is 5.69 Å². The zero-order valence-corrected chi connectivity index (χ0v) is 12.2. The van der Waals surface area contributed by atoms with Crippen molar-refractivity contribution < 1.29 is 9.84 Å². The fourth-order valence-electron chi connectivity index (χ4n) is 2.88. The van der Waals surface area contributed by atoms with Crippen molar-refractivity contribution in [3.05, 3.63) is 24.3 Å². The Hall–Kier alpha value is -1.26. The smallest absolute Gasteiger partial charge is 0.119 e. The molecule has 1 aliphatic heterocycles. The summed E-state index contributed by atoms with van der Waals surface area (Å²) in [6, 6.07) is 8.26. The molecule has 1 N–H and O–H groups in total. The van der Waals surface area contributed by atoms with Gasteiger partial charge >= 0.3 is 0 Å². The number of benzene rings is 1. The van der Waals surface area contributed by atoms with E-state index in [-0.39, 0.29) is 6.10 Å². The molecule has 1 aliphatic carbocycles. The van der Waals surface area contributed by atoms with Crippen LogP contribution in [0.2, 0.25) is 0 Å². The normalized spacial score (nSPS) is 21.8. The fourth-order valence-corrected chi connectivity index (χ4v) is 2.88. The lowest BCUT2D eigenvalue weighted by Crippen LogP contribution is -2.48. The lowest BCUT2D eigenvalue weighted by molar-refractivity contribution is 0.0922. The lowest BCUT2D eigenvalue weighted by atomic mass is 10.2. The van der Waals surface area contributed by atoms with Gasteiger partial charge in [0.25, 0.3) is 0 Å². The minimum atomic E-state index is -0.109. The van der Waals surface area contributed by atoms with Crippen molar-refractivity contribution in [3.63, 3.8) is 0 Å². The first-order valence-electron chi connectivity index (χ1n) is 7.55. The minimum absolute atomic E-state index is 0.109. The number of aliphatic hydroxyl groups excluding tert-OH is 1. The van der Waals surface area contributed by atoms with Gasteiger partial charge in [-0.05, 0) is 43.0 Å². The topological polar surface area (TPSA) is 35.9 Å². The molecule has 1 unspecified atom stereocenters. The maximum Gasteiger partial charge on any atom is 0.119 e. The maximum atomic E-state index is 10.0. The van der Waals surface area contributed by atoms with Gasteiger partial charge in [0.05, 0.1) is 13.2 Å². The highest BCUT2D eigenvalue weighted by Crippen LogP contribution is 2.33. The second-order valence-corrected chi connectivity index (χ2v) is 5.89. The van der Waals surface area contributed by atoms with E-state index in [4.69, 9.17) is 4.74 Å². The molecule has 3 rings (SSSR count). The van der Waals surface area contributed by atoms with Gasteiger partial charge in [-0.1, -0.05) is 0 Å². The van der Waals surface area contributed by atoms with E-state index in [1.54, 1.807) is 7.11 Å². The van der Waals surface area contributed by atoms with Gasteiger partial charge in [-0.25, -0.2) is 0 Å². The number of nitrogens with zero attached hydrogens (tertiary/aromatic N) is 2. The molecule has 1 heterocycles. The Bertz CT molecular complexity index is 423. The molecule has 1 aromatic carbocycles. The Kier molecular flexibility index (Phi) is 4.13. The number of aliphatic hydroxyl groups is 1. The van der Waals surface area contributed by atoms with Crippen LogP contribution in [0.5, 0.6) is 5.75 Å². The Balaban J connectivity index is 1.49. The summed E-state index contributed by atoms with van der Waals surface area (Å²) in [4.78, 5) is 4.79. The minimum Gasteiger partial charge on any atom is -0.497 e. The summed E-state index contributed by atoms with van der Waals surface area (Å²) in [5.74, 6) is 1.48. The third-order valence-electron chi connectivity index (χ3n) is 4.42. The predicted molar refractivity (Wildman–Crippen MR) is 80.4 cm³/mol.